The highest BCUT2D eigenvalue weighted by Gasteiger charge is 2.23. The highest BCUT2D eigenvalue weighted by Crippen LogP contribution is 2.36. The van der Waals surface area contributed by atoms with Crippen molar-refractivity contribution in [3.8, 4) is 22.9 Å². The van der Waals surface area contributed by atoms with Gasteiger partial charge in [0.1, 0.15) is 11.6 Å². The van der Waals surface area contributed by atoms with Gasteiger partial charge in [0, 0.05) is 30.2 Å². The highest BCUT2D eigenvalue weighted by molar-refractivity contribution is 6.31. The van der Waals surface area contributed by atoms with Crippen molar-refractivity contribution < 1.29 is 13.9 Å². The zero-order valence-corrected chi connectivity index (χ0v) is 17.3. The molecule has 1 aliphatic heterocycles. The van der Waals surface area contributed by atoms with Gasteiger partial charge in [0.25, 0.3) is 5.56 Å². The van der Waals surface area contributed by atoms with Gasteiger partial charge in [0.15, 0.2) is 22.7 Å². The lowest BCUT2D eigenvalue weighted by molar-refractivity contribution is 0.174. The molecule has 5 rings (SSSR count). The molecular weight excluding hydrogens is 427 g/mol. The van der Waals surface area contributed by atoms with Crippen LogP contribution in [0.25, 0.3) is 22.6 Å². The Morgan fingerprint density at radius 2 is 1.87 bits per heavy atom. The van der Waals surface area contributed by atoms with E-state index < -0.39 is 17.1 Å². The minimum atomic E-state index is -0.537. The molecule has 0 radical (unpaired) electrons. The van der Waals surface area contributed by atoms with Crippen LogP contribution in [0, 0.1) is 5.82 Å². The lowest BCUT2D eigenvalue weighted by Crippen LogP contribution is -2.37. The summed E-state index contributed by atoms with van der Waals surface area (Å²) in [6.45, 7) is 0.0499. The van der Waals surface area contributed by atoms with Crippen LogP contribution in [0.3, 0.4) is 0 Å². The van der Waals surface area contributed by atoms with Crippen LogP contribution in [-0.2, 0) is 20.6 Å². The Kier molecular flexibility index (Phi) is 4.37. The first-order valence-corrected chi connectivity index (χ1v) is 9.73. The molecule has 158 valence electrons. The molecule has 0 aliphatic carbocycles. The smallest absolute Gasteiger partial charge is 0.332 e. The van der Waals surface area contributed by atoms with Crippen molar-refractivity contribution in [2.45, 2.75) is 6.54 Å². The third-order valence-electron chi connectivity index (χ3n) is 5.36. The summed E-state index contributed by atoms with van der Waals surface area (Å²) in [4.78, 5) is 30.0. The predicted octanol–water partition coefficient (Wildman–Crippen LogP) is 2.67. The molecule has 1 aliphatic rings. The summed E-state index contributed by atoms with van der Waals surface area (Å²) in [5, 5.41) is 0.222. The van der Waals surface area contributed by atoms with Crippen molar-refractivity contribution >= 4 is 22.8 Å². The van der Waals surface area contributed by atoms with Crippen molar-refractivity contribution in [2.75, 3.05) is 6.79 Å². The van der Waals surface area contributed by atoms with Gasteiger partial charge in [-0.05, 0) is 30.3 Å². The molecule has 31 heavy (non-hydrogen) atoms. The average molecular weight is 443 g/mol. The quantitative estimate of drug-likeness (QED) is 0.487. The fourth-order valence-electron chi connectivity index (χ4n) is 3.70. The molecule has 0 N–H and O–H groups in total. The Morgan fingerprint density at radius 1 is 1.10 bits per heavy atom. The summed E-state index contributed by atoms with van der Waals surface area (Å²) in [6, 6.07) is 9.60. The van der Waals surface area contributed by atoms with E-state index in [-0.39, 0.29) is 35.1 Å². The standard InChI is InChI=1S/C21H16ClFN4O4/c1-25-19-17(20(28)26(2)21(25)29)27(9-12-13(22)4-3-5-14(12)23)18(24-19)11-6-7-15-16(8-11)31-10-30-15/h3-8H,9-10H2,1-2H3. The number of aryl methyl sites for hydroxylation is 1. The van der Waals surface area contributed by atoms with Crippen molar-refractivity contribution in [3.05, 3.63) is 73.6 Å². The van der Waals surface area contributed by atoms with Crippen LogP contribution in [-0.4, -0.2) is 25.5 Å². The Labute approximate surface area is 179 Å². The van der Waals surface area contributed by atoms with E-state index in [9.17, 15) is 14.0 Å². The fraction of sp³-hybridized carbons (Fsp3) is 0.190. The van der Waals surface area contributed by atoms with Gasteiger partial charge in [-0.2, -0.15) is 0 Å². The average Bonchev–Trinajstić information content (AvgIpc) is 3.37. The molecule has 0 fully saturated rings. The molecule has 0 saturated heterocycles. The van der Waals surface area contributed by atoms with Crippen molar-refractivity contribution in [3.63, 3.8) is 0 Å². The molecule has 3 heterocycles. The molecule has 4 aromatic rings. The lowest BCUT2D eigenvalue weighted by Gasteiger charge is -2.12. The monoisotopic (exact) mass is 442 g/mol. The second kappa shape index (κ2) is 6.98. The molecule has 0 atom stereocenters. The number of imidazole rings is 1. The number of benzene rings is 2. The normalized spacial score (nSPS) is 12.6. The van der Waals surface area contributed by atoms with E-state index in [1.807, 2.05) is 0 Å². The molecule has 0 spiro atoms. The second-order valence-electron chi connectivity index (χ2n) is 7.17. The van der Waals surface area contributed by atoms with E-state index in [0.29, 0.717) is 22.9 Å². The zero-order chi connectivity index (χ0) is 21.9. The van der Waals surface area contributed by atoms with Crippen molar-refractivity contribution in [1.29, 1.82) is 0 Å². The Morgan fingerprint density at radius 3 is 2.65 bits per heavy atom. The Bertz CT molecular complexity index is 1470. The first kappa shape index (κ1) is 19.4. The van der Waals surface area contributed by atoms with E-state index in [1.165, 1.54) is 30.8 Å². The van der Waals surface area contributed by atoms with Crippen LogP contribution in [0.5, 0.6) is 11.5 Å². The van der Waals surface area contributed by atoms with Crippen LogP contribution in [0.1, 0.15) is 5.56 Å². The maximum Gasteiger partial charge on any atom is 0.332 e. The molecule has 0 saturated carbocycles. The minimum absolute atomic E-state index is 0.0563. The van der Waals surface area contributed by atoms with Crippen molar-refractivity contribution in [2.24, 2.45) is 14.1 Å². The molecular formula is C21H16ClFN4O4. The first-order valence-electron chi connectivity index (χ1n) is 9.36. The zero-order valence-electron chi connectivity index (χ0n) is 16.6. The van der Waals surface area contributed by atoms with E-state index in [2.05, 4.69) is 4.98 Å². The summed E-state index contributed by atoms with van der Waals surface area (Å²) < 4.78 is 29.2. The molecule has 2 aromatic carbocycles. The fourth-order valence-corrected chi connectivity index (χ4v) is 3.92. The summed E-state index contributed by atoms with van der Waals surface area (Å²) in [5.41, 5.74) is 0.127. The van der Waals surface area contributed by atoms with E-state index in [0.717, 1.165) is 4.57 Å². The molecule has 0 unspecified atom stereocenters. The van der Waals surface area contributed by atoms with E-state index >= 15 is 0 Å². The third kappa shape index (κ3) is 2.92. The lowest BCUT2D eigenvalue weighted by atomic mass is 10.1. The molecule has 2 aromatic heterocycles. The summed E-state index contributed by atoms with van der Waals surface area (Å²) >= 11 is 6.25. The van der Waals surface area contributed by atoms with Gasteiger partial charge in [0.2, 0.25) is 6.79 Å². The molecule has 8 nitrogen and oxygen atoms in total. The number of ether oxygens (including phenoxy) is 2. The largest absolute Gasteiger partial charge is 0.454 e. The van der Waals surface area contributed by atoms with E-state index in [1.54, 1.807) is 28.8 Å². The van der Waals surface area contributed by atoms with Crippen molar-refractivity contribution in [1.82, 2.24) is 18.7 Å². The number of hydrogen-bond acceptors (Lipinski definition) is 5. The Balaban J connectivity index is 1.84. The summed E-state index contributed by atoms with van der Waals surface area (Å²) in [5.74, 6) is 0.979. The van der Waals surface area contributed by atoms with Crippen LogP contribution in [0.2, 0.25) is 5.02 Å². The number of halogens is 2. The molecule has 0 bridgehead atoms. The highest BCUT2D eigenvalue weighted by atomic mass is 35.5. The molecule has 10 heteroatoms. The van der Waals surface area contributed by atoms with Gasteiger partial charge in [-0.15, -0.1) is 0 Å². The van der Waals surface area contributed by atoms with Gasteiger partial charge in [-0.1, -0.05) is 17.7 Å². The first-order chi connectivity index (χ1) is 14.9. The van der Waals surface area contributed by atoms with Gasteiger partial charge < -0.3 is 14.0 Å². The summed E-state index contributed by atoms with van der Waals surface area (Å²) in [6.07, 6.45) is 0. The molecule has 0 amide bonds. The van der Waals surface area contributed by atoms with Gasteiger partial charge in [-0.3, -0.25) is 13.9 Å². The number of fused-ring (bicyclic) bond motifs is 2. The van der Waals surface area contributed by atoms with Crippen LogP contribution >= 0.6 is 11.6 Å². The number of hydrogen-bond donors (Lipinski definition) is 0. The van der Waals surface area contributed by atoms with Gasteiger partial charge in [0.05, 0.1) is 6.54 Å². The maximum absolute atomic E-state index is 14.6. The number of aromatic nitrogens is 4. The Hall–Kier alpha value is -3.59. The van der Waals surface area contributed by atoms with Gasteiger partial charge in [-0.25, -0.2) is 14.2 Å². The SMILES string of the molecule is Cn1c(=O)c2c(nc(-c3ccc4c(c3)OCO4)n2Cc2c(F)cccc2Cl)n(C)c1=O. The van der Waals surface area contributed by atoms with Crippen LogP contribution in [0.4, 0.5) is 4.39 Å². The second-order valence-corrected chi connectivity index (χ2v) is 7.57. The van der Waals surface area contributed by atoms with E-state index in [4.69, 9.17) is 21.1 Å². The van der Waals surface area contributed by atoms with Crippen LogP contribution in [0.15, 0.2) is 46.0 Å². The minimum Gasteiger partial charge on any atom is -0.454 e. The summed E-state index contributed by atoms with van der Waals surface area (Å²) in [7, 11) is 2.92. The maximum atomic E-state index is 14.6. The third-order valence-corrected chi connectivity index (χ3v) is 5.71. The predicted molar refractivity (Wildman–Crippen MR) is 112 cm³/mol. The van der Waals surface area contributed by atoms with Crippen LogP contribution < -0.4 is 20.7 Å². The van der Waals surface area contributed by atoms with Gasteiger partial charge >= 0.3 is 5.69 Å². The number of nitrogens with zero attached hydrogens (tertiary/aromatic N) is 4. The number of rotatable bonds is 3. The topological polar surface area (TPSA) is 80.3 Å².